The summed E-state index contributed by atoms with van der Waals surface area (Å²) in [6, 6.07) is 3.94. The third-order valence-electron chi connectivity index (χ3n) is 5.07. The Hall–Kier alpha value is -2.31. The third kappa shape index (κ3) is 13.2. The van der Waals surface area contributed by atoms with E-state index in [2.05, 4.69) is 50.1 Å². The summed E-state index contributed by atoms with van der Waals surface area (Å²) in [6.45, 7) is 10.7. The van der Waals surface area contributed by atoms with Crippen molar-refractivity contribution in [3.8, 4) is 11.5 Å². The lowest BCUT2D eigenvalue weighted by atomic mass is 10.0. The van der Waals surface area contributed by atoms with Crippen LogP contribution in [-0.2, 0) is 16.8 Å². The Morgan fingerprint density at radius 1 is 0.875 bits per heavy atom. The molecule has 0 aliphatic carbocycles. The van der Waals surface area contributed by atoms with Crippen molar-refractivity contribution < 1.29 is 22.3 Å². The minimum atomic E-state index is -4.84. The van der Waals surface area contributed by atoms with Crippen molar-refractivity contribution in [2.24, 2.45) is 0 Å². The van der Waals surface area contributed by atoms with E-state index in [9.17, 15) is 18.1 Å². The van der Waals surface area contributed by atoms with Crippen LogP contribution in [0.2, 0.25) is 0 Å². The van der Waals surface area contributed by atoms with E-state index in [1.165, 1.54) is 40.5 Å². The summed E-state index contributed by atoms with van der Waals surface area (Å²) in [5, 5.41) is 9.96. The molecule has 0 saturated heterocycles. The van der Waals surface area contributed by atoms with Gasteiger partial charge >= 0.3 is 0 Å². The largest absolute Gasteiger partial charge is 0.716 e. The van der Waals surface area contributed by atoms with E-state index in [1.54, 1.807) is 0 Å². The lowest BCUT2D eigenvalue weighted by Crippen LogP contribution is -2.07. The maximum absolute atomic E-state index is 10.7. The molecule has 0 amide bonds. The molecular weight excluding hydrogens is 424 g/mol. The smallest absolute Gasteiger partial charge is 0.262 e. The summed E-state index contributed by atoms with van der Waals surface area (Å²) in [5.74, 6) is -0.0664. The second kappa shape index (κ2) is 14.0. The average molecular weight is 462 g/mol. The molecule has 1 aromatic rings. The van der Waals surface area contributed by atoms with Gasteiger partial charge in [-0.2, -0.15) is 0 Å². The molecule has 0 aliphatic rings. The van der Waals surface area contributed by atoms with Gasteiger partial charge in [-0.15, -0.1) is 0 Å². The highest BCUT2D eigenvalue weighted by Crippen LogP contribution is 2.25. The van der Waals surface area contributed by atoms with E-state index in [-0.39, 0.29) is 11.5 Å². The summed E-state index contributed by atoms with van der Waals surface area (Å²) in [6.07, 6.45) is 15.5. The Kier molecular flexibility index (Phi) is 12.1. The molecule has 0 saturated carbocycles. The monoisotopic (exact) mass is 461 g/mol. The molecule has 0 aromatic heterocycles. The summed E-state index contributed by atoms with van der Waals surface area (Å²) in [7, 11) is -4.84. The molecule has 1 rings (SSSR count). The number of rotatable bonds is 13. The molecule has 0 heterocycles. The predicted octanol–water partition coefficient (Wildman–Crippen LogP) is 6.92. The van der Waals surface area contributed by atoms with Crippen LogP contribution in [0.3, 0.4) is 0 Å². The Morgan fingerprint density at radius 2 is 1.38 bits per heavy atom. The first-order chi connectivity index (χ1) is 15.0. The molecular formula is C26H37O5S-. The van der Waals surface area contributed by atoms with Crippen LogP contribution in [0, 0.1) is 0 Å². The SMILES string of the molecule is CC(C)=CCC/C(C)=C/CC/C(C)=C/CC/C(C)=C/Cc1cc(OS(=O)(=O)[O-])ccc1O. The first-order valence-corrected chi connectivity index (χ1v) is 12.4. The topological polar surface area (TPSA) is 86.7 Å². The maximum atomic E-state index is 10.7. The van der Waals surface area contributed by atoms with Gasteiger partial charge in [0.25, 0.3) is 10.4 Å². The molecule has 1 N–H and O–H groups in total. The zero-order valence-electron chi connectivity index (χ0n) is 20.0. The Morgan fingerprint density at radius 3 is 1.88 bits per heavy atom. The minimum Gasteiger partial charge on any atom is -0.716 e. The van der Waals surface area contributed by atoms with Gasteiger partial charge in [0, 0.05) is 5.56 Å². The lowest BCUT2D eigenvalue weighted by Gasteiger charge is -2.11. The van der Waals surface area contributed by atoms with Crippen molar-refractivity contribution in [2.45, 2.75) is 79.6 Å². The molecule has 32 heavy (non-hydrogen) atoms. The molecule has 6 heteroatoms. The van der Waals surface area contributed by atoms with Crippen LogP contribution < -0.4 is 4.18 Å². The van der Waals surface area contributed by atoms with Crippen molar-refractivity contribution in [1.82, 2.24) is 0 Å². The number of allylic oxidation sites excluding steroid dienone is 8. The van der Waals surface area contributed by atoms with Crippen LogP contribution >= 0.6 is 0 Å². The number of hydrogen-bond donors (Lipinski definition) is 1. The van der Waals surface area contributed by atoms with E-state index in [1.807, 2.05) is 13.0 Å². The van der Waals surface area contributed by atoms with E-state index < -0.39 is 10.4 Å². The molecule has 0 spiro atoms. The molecule has 0 bridgehead atoms. The minimum absolute atomic E-state index is 0.0321. The number of benzene rings is 1. The number of phenolic OH excluding ortho intramolecular Hbond substituents is 1. The number of phenols is 1. The normalized spacial score (nSPS) is 13.2. The van der Waals surface area contributed by atoms with Crippen molar-refractivity contribution in [1.29, 1.82) is 0 Å². The van der Waals surface area contributed by atoms with Gasteiger partial charge in [0.15, 0.2) is 0 Å². The van der Waals surface area contributed by atoms with E-state index >= 15 is 0 Å². The summed E-state index contributed by atoms with van der Waals surface area (Å²) in [5.41, 5.74) is 5.87. The Bertz CT molecular complexity index is 962. The van der Waals surface area contributed by atoms with Gasteiger partial charge in [-0.05, 0) is 97.8 Å². The number of aromatic hydroxyl groups is 1. The highest BCUT2D eigenvalue weighted by molar-refractivity contribution is 7.81. The van der Waals surface area contributed by atoms with E-state index in [0.29, 0.717) is 12.0 Å². The lowest BCUT2D eigenvalue weighted by molar-refractivity contribution is 0.371. The third-order valence-corrected chi connectivity index (χ3v) is 5.47. The molecule has 0 unspecified atom stereocenters. The van der Waals surface area contributed by atoms with Crippen LogP contribution in [0.15, 0.2) is 64.8 Å². The second-order valence-corrected chi connectivity index (χ2v) is 9.52. The van der Waals surface area contributed by atoms with Crippen LogP contribution in [-0.4, -0.2) is 18.1 Å². The summed E-state index contributed by atoms with van der Waals surface area (Å²) >= 11 is 0. The fourth-order valence-corrected chi connectivity index (χ4v) is 3.51. The fraction of sp³-hybridized carbons (Fsp3) is 0.462. The first kappa shape index (κ1) is 27.7. The van der Waals surface area contributed by atoms with Crippen LogP contribution in [0.4, 0.5) is 0 Å². The molecule has 0 fully saturated rings. The maximum Gasteiger partial charge on any atom is 0.262 e. The summed E-state index contributed by atoms with van der Waals surface area (Å²) in [4.78, 5) is 0. The Balaban J connectivity index is 2.48. The van der Waals surface area contributed by atoms with Crippen molar-refractivity contribution in [3.63, 3.8) is 0 Å². The predicted molar refractivity (Wildman–Crippen MR) is 131 cm³/mol. The van der Waals surface area contributed by atoms with Crippen molar-refractivity contribution in [2.75, 3.05) is 0 Å². The second-order valence-electron chi connectivity index (χ2n) is 8.54. The zero-order chi connectivity index (χ0) is 24.1. The van der Waals surface area contributed by atoms with Crippen LogP contribution in [0.25, 0.3) is 0 Å². The van der Waals surface area contributed by atoms with Gasteiger partial charge in [-0.3, -0.25) is 0 Å². The molecule has 178 valence electrons. The van der Waals surface area contributed by atoms with Crippen molar-refractivity contribution >= 4 is 10.4 Å². The van der Waals surface area contributed by atoms with E-state index in [0.717, 1.165) is 38.5 Å². The molecule has 0 aliphatic heterocycles. The van der Waals surface area contributed by atoms with Gasteiger partial charge in [0.05, 0.1) is 0 Å². The molecule has 1 aromatic carbocycles. The van der Waals surface area contributed by atoms with E-state index in [4.69, 9.17) is 0 Å². The van der Waals surface area contributed by atoms with Crippen molar-refractivity contribution in [3.05, 3.63) is 70.4 Å². The molecule has 0 atom stereocenters. The highest BCUT2D eigenvalue weighted by Gasteiger charge is 2.05. The fourth-order valence-electron chi connectivity index (χ4n) is 3.17. The summed E-state index contributed by atoms with van der Waals surface area (Å²) < 4.78 is 36.6. The van der Waals surface area contributed by atoms with Gasteiger partial charge < -0.3 is 13.8 Å². The van der Waals surface area contributed by atoms with Gasteiger partial charge in [0.2, 0.25) is 0 Å². The van der Waals surface area contributed by atoms with Gasteiger partial charge in [-0.1, -0.05) is 46.6 Å². The van der Waals surface area contributed by atoms with Gasteiger partial charge in [0.1, 0.15) is 11.5 Å². The number of hydrogen-bond acceptors (Lipinski definition) is 5. The highest BCUT2D eigenvalue weighted by atomic mass is 32.3. The quantitative estimate of drug-likeness (QED) is 0.196. The zero-order valence-corrected chi connectivity index (χ0v) is 20.8. The standard InChI is InChI=1S/C26H38O5S/c1-20(2)9-6-10-21(3)11-7-12-22(4)13-8-14-23(5)15-16-24-19-25(17-18-26(24)27)31-32(28,29)30/h9,11,13,15,17-19,27H,6-8,10,12,14,16H2,1-5H3,(H,28,29,30)/p-1/b21-11+,22-13+,23-15+. The molecule has 0 radical (unpaired) electrons. The Labute approximate surface area is 194 Å². The van der Waals surface area contributed by atoms with Crippen LogP contribution in [0.1, 0.15) is 78.7 Å². The average Bonchev–Trinajstić information content (AvgIpc) is 2.67. The van der Waals surface area contributed by atoms with Gasteiger partial charge in [-0.25, -0.2) is 8.42 Å². The molecule has 5 nitrogen and oxygen atoms in total. The first-order valence-electron chi connectivity index (χ1n) is 11.0. The van der Waals surface area contributed by atoms with Crippen LogP contribution in [0.5, 0.6) is 11.5 Å².